The molecule has 0 amide bonds. The van der Waals surface area contributed by atoms with Crippen molar-refractivity contribution in [3.63, 3.8) is 0 Å². The first kappa shape index (κ1) is 19.1. The van der Waals surface area contributed by atoms with Gasteiger partial charge in [-0.3, -0.25) is 0 Å². The van der Waals surface area contributed by atoms with Crippen LogP contribution in [0.2, 0.25) is 12.1 Å². The molecule has 0 saturated carbocycles. The lowest BCUT2D eigenvalue weighted by molar-refractivity contribution is 0.188. The quantitative estimate of drug-likeness (QED) is 0.310. The van der Waals surface area contributed by atoms with Crippen LogP contribution in [0, 0.1) is 0 Å². The van der Waals surface area contributed by atoms with Gasteiger partial charge < -0.3 is 8.85 Å². The van der Waals surface area contributed by atoms with Gasteiger partial charge in [-0.15, -0.1) is 0 Å². The highest BCUT2D eigenvalue weighted by Gasteiger charge is 2.31. The van der Waals surface area contributed by atoms with E-state index in [9.17, 15) is 0 Å². The van der Waals surface area contributed by atoms with Gasteiger partial charge in [0.15, 0.2) is 0 Å². The predicted octanol–water partition coefficient (Wildman–Crippen LogP) is 4.77. The second-order valence-electron chi connectivity index (χ2n) is 4.34. The zero-order chi connectivity index (χ0) is 14.1. The summed E-state index contributed by atoms with van der Waals surface area (Å²) in [6.45, 7) is 13.1. The fourth-order valence-electron chi connectivity index (χ4n) is 0.922. The largest absolute Gasteiger partial charge is 0.403 e. The van der Waals surface area contributed by atoms with Crippen molar-refractivity contribution in [1.29, 1.82) is 0 Å². The Morgan fingerprint density at radius 1 is 0.778 bits per heavy atom. The Morgan fingerprint density at radius 3 is 1.33 bits per heavy atom. The molecule has 0 bridgehead atoms. The van der Waals surface area contributed by atoms with Gasteiger partial charge in [0, 0.05) is 0 Å². The van der Waals surface area contributed by atoms with Crippen molar-refractivity contribution in [2.75, 3.05) is 0 Å². The molecular formula is C12H26O2S2Si2. The summed E-state index contributed by atoms with van der Waals surface area (Å²) < 4.78 is 12.0. The van der Waals surface area contributed by atoms with E-state index < -0.39 is 0 Å². The summed E-state index contributed by atoms with van der Waals surface area (Å²) in [7, 11) is 4.84. The average Bonchev–Trinajstić information content (AvgIpc) is 2.40. The van der Waals surface area contributed by atoms with E-state index in [2.05, 4.69) is 41.5 Å². The molecule has 0 spiro atoms. The Labute approximate surface area is 126 Å². The van der Waals surface area contributed by atoms with E-state index in [4.69, 9.17) is 8.85 Å². The molecule has 2 nitrogen and oxygen atoms in total. The summed E-state index contributed by atoms with van der Waals surface area (Å²) in [6, 6.07) is 2.19. The van der Waals surface area contributed by atoms with Crippen LogP contribution in [0.1, 0.15) is 54.4 Å². The van der Waals surface area contributed by atoms with E-state index in [1.807, 2.05) is 21.6 Å². The van der Waals surface area contributed by atoms with Gasteiger partial charge >= 0.3 is 0 Å². The molecule has 0 saturated heterocycles. The third-order valence-corrected chi connectivity index (χ3v) is 8.50. The van der Waals surface area contributed by atoms with Crippen molar-refractivity contribution >= 4 is 41.1 Å². The van der Waals surface area contributed by atoms with Crippen LogP contribution in [0.3, 0.4) is 0 Å². The normalized spacial score (nSPS) is 18.3. The molecule has 2 unspecified atom stereocenters. The SMILES string of the molecule is CC[Si]OC(C)(CC)SSC(C)(CC)O[Si]CC. The smallest absolute Gasteiger partial charge is 0.231 e. The maximum atomic E-state index is 5.99. The molecule has 0 aromatic rings. The van der Waals surface area contributed by atoms with Crippen LogP contribution in [-0.2, 0) is 8.85 Å². The molecule has 0 aliphatic heterocycles. The topological polar surface area (TPSA) is 18.5 Å². The molecular weight excluding hydrogens is 296 g/mol. The van der Waals surface area contributed by atoms with Crippen molar-refractivity contribution in [2.24, 2.45) is 0 Å². The van der Waals surface area contributed by atoms with E-state index in [1.54, 1.807) is 0 Å². The second kappa shape index (κ2) is 9.88. The lowest BCUT2D eigenvalue weighted by Crippen LogP contribution is -2.29. The van der Waals surface area contributed by atoms with Crippen LogP contribution in [0.4, 0.5) is 0 Å². The van der Waals surface area contributed by atoms with Gasteiger partial charge in [0.1, 0.15) is 9.87 Å². The fraction of sp³-hybridized carbons (Fsp3) is 1.00. The average molecular weight is 323 g/mol. The molecule has 4 radical (unpaired) electrons. The molecule has 18 heavy (non-hydrogen) atoms. The van der Waals surface area contributed by atoms with Crippen molar-refractivity contribution in [3.8, 4) is 0 Å². The Morgan fingerprint density at radius 2 is 1.11 bits per heavy atom. The van der Waals surface area contributed by atoms with Crippen LogP contribution in [0.5, 0.6) is 0 Å². The van der Waals surface area contributed by atoms with Gasteiger partial charge in [-0.25, -0.2) is 0 Å². The van der Waals surface area contributed by atoms with Crippen LogP contribution in [-0.4, -0.2) is 29.4 Å². The molecule has 2 atom stereocenters. The molecule has 0 fully saturated rings. The highest BCUT2D eigenvalue weighted by atomic mass is 33.1. The molecule has 0 N–H and O–H groups in total. The minimum Gasteiger partial charge on any atom is -0.403 e. The van der Waals surface area contributed by atoms with Crippen LogP contribution in [0.15, 0.2) is 0 Å². The summed E-state index contributed by atoms with van der Waals surface area (Å²) in [4.78, 5) is -0.178. The van der Waals surface area contributed by atoms with Crippen LogP contribution in [0.25, 0.3) is 0 Å². The zero-order valence-electron chi connectivity index (χ0n) is 12.5. The zero-order valence-corrected chi connectivity index (χ0v) is 16.1. The van der Waals surface area contributed by atoms with Gasteiger partial charge in [0.05, 0.1) is 0 Å². The molecule has 0 rings (SSSR count). The Hall–Kier alpha value is 1.05. The summed E-state index contributed by atoms with van der Waals surface area (Å²) in [6.07, 6.45) is 2.04. The monoisotopic (exact) mass is 322 g/mol. The third kappa shape index (κ3) is 7.60. The molecule has 0 aliphatic rings. The summed E-state index contributed by atoms with van der Waals surface area (Å²) >= 11 is 0. The molecule has 0 aliphatic carbocycles. The third-order valence-electron chi connectivity index (χ3n) is 2.54. The molecule has 6 heteroatoms. The number of hydrogen-bond acceptors (Lipinski definition) is 4. The lowest BCUT2D eigenvalue weighted by atomic mass is 10.3. The Balaban J connectivity index is 4.29. The summed E-state index contributed by atoms with van der Waals surface area (Å²) in [5.74, 6) is 0. The van der Waals surface area contributed by atoms with E-state index >= 15 is 0 Å². The minimum absolute atomic E-state index is 0.0891. The maximum absolute atomic E-state index is 5.99. The lowest BCUT2D eigenvalue weighted by Gasteiger charge is -2.33. The first-order chi connectivity index (χ1) is 8.45. The van der Waals surface area contributed by atoms with E-state index in [0.717, 1.165) is 24.9 Å². The fourth-order valence-corrected chi connectivity index (χ4v) is 5.70. The van der Waals surface area contributed by atoms with Crippen LogP contribution < -0.4 is 0 Å². The second-order valence-corrected chi connectivity index (χ2v) is 9.80. The summed E-state index contributed by atoms with van der Waals surface area (Å²) in [5.41, 5.74) is 0. The standard InChI is InChI=1S/C12H26O2S2Si2/c1-7-11(5,13-17-9-3)15-16-12(6,8-2)14-18-10-4/h7-10H2,1-6H3. The minimum atomic E-state index is -0.0891. The van der Waals surface area contributed by atoms with Gasteiger partial charge in [0.25, 0.3) is 0 Å². The molecule has 0 heterocycles. The van der Waals surface area contributed by atoms with E-state index in [0.29, 0.717) is 19.5 Å². The molecule has 0 aromatic carbocycles. The Kier molecular flexibility index (Phi) is 10.5. The van der Waals surface area contributed by atoms with Crippen molar-refractivity contribution in [2.45, 2.75) is 76.3 Å². The van der Waals surface area contributed by atoms with Gasteiger partial charge in [-0.2, -0.15) is 0 Å². The predicted molar refractivity (Wildman–Crippen MR) is 87.2 cm³/mol. The van der Waals surface area contributed by atoms with Gasteiger partial charge in [0.2, 0.25) is 19.5 Å². The van der Waals surface area contributed by atoms with E-state index in [1.165, 1.54) is 0 Å². The first-order valence-electron chi connectivity index (χ1n) is 6.63. The number of rotatable bonds is 11. The highest BCUT2D eigenvalue weighted by Crippen LogP contribution is 2.47. The first-order valence-corrected chi connectivity index (χ1v) is 11.0. The summed E-state index contributed by atoms with van der Waals surface area (Å²) in [5, 5.41) is 0. The van der Waals surface area contributed by atoms with E-state index in [-0.39, 0.29) is 9.87 Å². The van der Waals surface area contributed by atoms with Crippen molar-refractivity contribution < 1.29 is 8.85 Å². The van der Waals surface area contributed by atoms with Crippen LogP contribution >= 0.6 is 21.6 Å². The Bertz CT molecular complexity index is 200. The maximum Gasteiger partial charge on any atom is 0.231 e. The van der Waals surface area contributed by atoms with Crippen molar-refractivity contribution in [1.82, 2.24) is 0 Å². The molecule has 106 valence electrons. The van der Waals surface area contributed by atoms with Gasteiger partial charge in [-0.1, -0.05) is 49.3 Å². The van der Waals surface area contributed by atoms with Gasteiger partial charge in [-0.05, 0) is 38.8 Å². The number of hydrogen-bond donors (Lipinski definition) is 0. The highest BCUT2D eigenvalue weighted by molar-refractivity contribution is 8.77. The molecule has 0 aromatic heterocycles. The van der Waals surface area contributed by atoms with Crippen molar-refractivity contribution in [3.05, 3.63) is 0 Å².